The molecule has 1 heterocycles. The van der Waals surface area contributed by atoms with Crippen LogP contribution in [0, 0.1) is 26.7 Å². The van der Waals surface area contributed by atoms with Crippen molar-refractivity contribution in [3.05, 3.63) is 34.4 Å². The van der Waals surface area contributed by atoms with E-state index in [1.54, 1.807) is 0 Å². The zero-order valence-corrected chi connectivity index (χ0v) is 12.6. The van der Waals surface area contributed by atoms with Gasteiger partial charge in [0.1, 0.15) is 0 Å². The van der Waals surface area contributed by atoms with Gasteiger partial charge in [0.15, 0.2) is 5.78 Å². The smallest absolute Gasteiger partial charge is 0.167 e. The highest BCUT2D eigenvalue weighted by molar-refractivity contribution is 5.99. The second kappa shape index (κ2) is 5.87. The lowest BCUT2D eigenvalue weighted by Crippen LogP contribution is -2.29. The summed E-state index contributed by atoms with van der Waals surface area (Å²) in [5.41, 5.74) is 4.50. The van der Waals surface area contributed by atoms with Crippen LogP contribution in [-0.2, 0) is 0 Å². The highest BCUT2D eigenvalue weighted by Gasteiger charge is 2.22. The molecule has 1 atom stereocenters. The van der Waals surface area contributed by atoms with E-state index in [0.717, 1.165) is 30.8 Å². The highest BCUT2D eigenvalue weighted by Crippen LogP contribution is 2.20. The average Bonchev–Trinajstić information content (AvgIpc) is 2.85. The first kappa shape index (κ1) is 14.3. The molecule has 1 aromatic rings. The molecule has 0 spiro atoms. The number of carbonyl (C=O) groups excluding carboxylic acids is 1. The Labute approximate surface area is 116 Å². The standard InChI is InChI=1S/C17H25NO/c1-12-9-14(3)16(10-13(12)2)17(19)15(4)11-18-7-5-6-8-18/h9-10,15H,5-8,11H2,1-4H3. The van der Waals surface area contributed by atoms with Gasteiger partial charge >= 0.3 is 0 Å². The van der Waals surface area contributed by atoms with Gasteiger partial charge in [0.05, 0.1) is 0 Å². The van der Waals surface area contributed by atoms with E-state index >= 15 is 0 Å². The fourth-order valence-electron chi connectivity index (χ4n) is 2.93. The number of Topliss-reactive ketones (excluding diaryl/α,β-unsaturated/α-hetero) is 1. The second-order valence-corrected chi connectivity index (χ2v) is 6.02. The Morgan fingerprint density at radius 1 is 1.11 bits per heavy atom. The van der Waals surface area contributed by atoms with Crippen molar-refractivity contribution in [2.75, 3.05) is 19.6 Å². The van der Waals surface area contributed by atoms with Crippen molar-refractivity contribution in [1.29, 1.82) is 0 Å². The van der Waals surface area contributed by atoms with E-state index in [1.807, 2.05) is 6.92 Å². The first-order valence-corrected chi connectivity index (χ1v) is 7.33. The minimum Gasteiger partial charge on any atom is -0.303 e. The molecule has 0 saturated carbocycles. The van der Waals surface area contributed by atoms with Crippen molar-refractivity contribution in [3.63, 3.8) is 0 Å². The molecule has 0 aliphatic carbocycles. The van der Waals surface area contributed by atoms with Gasteiger partial charge in [-0.05, 0) is 69.5 Å². The van der Waals surface area contributed by atoms with E-state index in [-0.39, 0.29) is 5.92 Å². The Morgan fingerprint density at radius 3 is 2.32 bits per heavy atom. The molecule has 1 saturated heterocycles. The van der Waals surface area contributed by atoms with Crippen molar-refractivity contribution >= 4 is 5.78 Å². The molecule has 104 valence electrons. The topological polar surface area (TPSA) is 20.3 Å². The maximum Gasteiger partial charge on any atom is 0.167 e. The van der Waals surface area contributed by atoms with Gasteiger partial charge in [-0.1, -0.05) is 13.0 Å². The molecule has 0 amide bonds. The normalized spacial score (nSPS) is 17.7. The number of likely N-dealkylation sites (tertiary alicyclic amines) is 1. The number of nitrogens with zero attached hydrogens (tertiary/aromatic N) is 1. The monoisotopic (exact) mass is 259 g/mol. The summed E-state index contributed by atoms with van der Waals surface area (Å²) in [5.74, 6) is 0.395. The molecule has 0 bridgehead atoms. The van der Waals surface area contributed by atoms with Gasteiger partial charge in [-0.3, -0.25) is 4.79 Å². The predicted molar refractivity (Wildman–Crippen MR) is 79.8 cm³/mol. The van der Waals surface area contributed by atoms with Crippen LogP contribution >= 0.6 is 0 Å². The number of carbonyl (C=O) groups is 1. The zero-order valence-electron chi connectivity index (χ0n) is 12.6. The van der Waals surface area contributed by atoms with E-state index in [4.69, 9.17) is 0 Å². The Kier molecular flexibility index (Phi) is 4.41. The van der Waals surface area contributed by atoms with E-state index in [1.165, 1.54) is 24.0 Å². The number of ketones is 1. The fourth-order valence-corrected chi connectivity index (χ4v) is 2.93. The van der Waals surface area contributed by atoms with Crippen LogP contribution < -0.4 is 0 Å². The summed E-state index contributed by atoms with van der Waals surface area (Å²) in [6.45, 7) is 11.5. The fraction of sp³-hybridized carbons (Fsp3) is 0.588. The molecule has 0 aromatic heterocycles. The number of hydrogen-bond donors (Lipinski definition) is 0. The Balaban J connectivity index is 2.12. The SMILES string of the molecule is Cc1cc(C)c(C(=O)C(C)CN2CCCC2)cc1C. The molecule has 2 nitrogen and oxygen atoms in total. The average molecular weight is 259 g/mol. The van der Waals surface area contributed by atoms with Crippen LogP contribution in [0.5, 0.6) is 0 Å². The minimum atomic E-state index is 0.0962. The summed E-state index contributed by atoms with van der Waals surface area (Å²) in [5, 5.41) is 0. The van der Waals surface area contributed by atoms with Gasteiger partial charge < -0.3 is 4.90 Å². The van der Waals surface area contributed by atoms with Crippen LogP contribution in [0.4, 0.5) is 0 Å². The lowest BCUT2D eigenvalue weighted by atomic mass is 9.92. The van der Waals surface area contributed by atoms with Crippen LogP contribution in [0.25, 0.3) is 0 Å². The molecule has 2 rings (SSSR count). The van der Waals surface area contributed by atoms with Crippen LogP contribution in [0.15, 0.2) is 12.1 Å². The number of aryl methyl sites for hydroxylation is 3. The molecule has 0 N–H and O–H groups in total. The third kappa shape index (κ3) is 3.24. The molecular formula is C17H25NO. The first-order chi connectivity index (χ1) is 8.99. The number of rotatable bonds is 4. The van der Waals surface area contributed by atoms with Crippen molar-refractivity contribution < 1.29 is 4.79 Å². The van der Waals surface area contributed by atoms with Crippen molar-refractivity contribution in [3.8, 4) is 0 Å². The molecule has 0 radical (unpaired) electrons. The van der Waals surface area contributed by atoms with Crippen molar-refractivity contribution in [1.82, 2.24) is 4.90 Å². The molecule has 1 unspecified atom stereocenters. The summed E-state index contributed by atoms with van der Waals surface area (Å²) in [6, 6.07) is 4.19. The van der Waals surface area contributed by atoms with Crippen LogP contribution in [0.1, 0.15) is 46.8 Å². The van der Waals surface area contributed by atoms with Gasteiger partial charge in [0, 0.05) is 18.0 Å². The Bertz CT molecular complexity index is 472. The molecule has 1 fully saturated rings. The molecular weight excluding hydrogens is 234 g/mol. The summed E-state index contributed by atoms with van der Waals surface area (Å²) in [6.07, 6.45) is 2.56. The largest absolute Gasteiger partial charge is 0.303 e. The summed E-state index contributed by atoms with van der Waals surface area (Å²) >= 11 is 0. The van der Waals surface area contributed by atoms with Gasteiger partial charge in [-0.25, -0.2) is 0 Å². The van der Waals surface area contributed by atoms with Gasteiger partial charge in [-0.2, -0.15) is 0 Å². The number of benzene rings is 1. The summed E-state index contributed by atoms with van der Waals surface area (Å²) < 4.78 is 0. The van der Waals surface area contributed by atoms with Crippen molar-refractivity contribution in [2.24, 2.45) is 5.92 Å². The predicted octanol–water partition coefficient (Wildman–Crippen LogP) is 3.53. The van der Waals surface area contributed by atoms with Crippen LogP contribution in [-0.4, -0.2) is 30.3 Å². The van der Waals surface area contributed by atoms with E-state index in [9.17, 15) is 4.79 Å². The van der Waals surface area contributed by atoms with Crippen molar-refractivity contribution in [2.45, 2.75) is 40.5 Å². The third-order valence-corrected chi connectivity index (χ3v) is 4.28. The van der Waals surface area contributed by atoms with Gasteiger partial charge in [0.2, 0.25) is 0 Å². The lowest BCUT2D eigenvalue weighted by molar-refractivity contribution is 0.0902. The summed E-state index contributed by atoms with van der Waals surface area (Å²) in [7, 11) is 0. The van der Waals surface area contributed by atoms with E-state index in [2.05, 4.69) is 37.8 Å². The molecule has 1 aromatic carbocycles. The van der Waals surface area contributed by atoms with Gasteiger partial charge in [0.25, 0.3) is 0 Å². The maximum atomic E-state index is 12.6. The maximum absolute atomic E-state index is 12.6. The zero-order chi connectivity index (χ0) is 14.0. The van der Waals surface area contributed by atoms with Crippen LogP contribution in [0.2, 0.25) is 0 Å². The third-order valence-electron chi connectivity index (χ3n) is 4.28. The molecule has 2 heteroatoms. The Morgan fingerprint density at radius 2 is 1.68 bits per heavy atom. The van der Waals surface area contributed by atoms with Gasteiger partial charge in [-0.15, -0.1) is 0 Å². The highest BCUT2D eigenvalue weighted by atomic mass is 16.1. The van der Waals surface area contributed by atoms with Crippen LogP contribution in [0.3, 0.4) is 0 Å². The lowest BCUT2D eigenvalue weighted by Gasteiger charge is -2.20. The second-order valence-electron chi connectivity index (χ2n) is 6.02. The Hall–Kier alpha value is -1.15. The quantitative estimate of drug-likeness (QED) is 0.771. The number of hydrogen-bond acceptors (Lipinski definition) is 2. The molecule has 19 heavy (non-hydrogen) atoms. The summed E-state index contributed by atoms with van der Waals surface area (Å²) in [4.78, 5) is 15.0. The minimum absolute atomic E-state index is 0.0962. The molecule has 1 aliphatic heterocycles. The van der Waals surface area contributed by atoms with E-state index < -0.39 is 0 Å². The van der Waals surface area contributed by atoms with E-state index in [0.29, 0.717) is 5.78 Å². The molecule has 1 aliphatic rings. The first-order valence-electron chi connectivity index (χ1n) is 7.33.